The van der Waals surface area contributed by atoms with Crippen molar-refractivity contribution in [3.05, 3.63) is 51.9 Å². The third-order valence-corrected chi connectivity index (χ3v) is 4.88. The maximum absolute atomic E-state index is 12.4. The van der Waals surface area contributed by atoms with Gasteiger partial charge in [0.2, 0.25) is 0 Å². The molecule has 2 N–H and O–H groups in total. The summed E-state index contributed by atoms with van der Waals surface area (Å²) in [6.45, 7) is 0.351. The first kappa shape index (κ1) is 14.8. The van der Waals surface area contributed by atoms with Crippen LogP contribution in [0.15, 0.2) is 41.2 Å². The number of hydrogen-bond acceptors (Lipinski definition) is 6. The minimum Gasteiger partial charge on any atom is -0.325 e. The summed E-state index contributed by atoms with van der Waals surface area (Å²) in [4.78, 5) is 22.5. The van der Waals surface area contributed by atoms with Crippen LogP contribution in [0.3, 0.4) is 0 Å². The van der Waals surface area contributed by atoms with E-state index in [0.717, 1.165) is 21.3 Å². The summed E-state index contributed by atoms with van der Waals surface area (Å²) < 4.78 is 0. The molecule has 0 saturated heterocycles. The lowest BCUT2D eigenvalue weighted by Gasteiger charge is -2.16. The summed E-state index contributed by atoms with van der Waals surface area (Å²) in [5, 5.41) is 5.41. The molecule has 0 aliphatic carbocycles. The van der Waals surface area contributed by atoms with Gasteiger partial charge in [0.05, 0.1) is 0 Å². The molecule has 22 heavy (non-hydrogen) atoms. The van der Waals surface area contributed by atoms with Crippen LogP contribution in [0.1, 0.15) is 15.5 Å². The van der Waals surface area contributed by atoms with Crippen LogP contribution >= 0.6 is 22.7 Å². The minimum absolute atomic E-state index is 0.141. The van der Waals surface area contributed by atoms with E-state index in [-0.39, 0.29) is 5.91 Å². The smallest absolute Gasteiger partial charge is 0.277 e. The van der Waals surface area contributed by atoms with Crippen LogP contribution < -0.4 is 10.6 Å². The average Bonchev–Trinajstić information content (AvgIpc) is 3.25. The van der Waals surface area contributed by atoms with Gasteiger partial charge in [0.15, 0.2) is 0 Å². The number of aromatic nitrogens is 2. The zero-order chi connectivity index (χ0) is 15.5. The van der Waals surface area contributed by atoms with Crippen LogP contribution in [0.4, 0.5) is 5.69 Å². The molecule has 112 valence electrons. The molecule has 0 radical (unpaired) electrons. The molecule has 0 fully saturated rings. The molecule has 0 aliphatic heterocycles. The van der Waals surface area contributed by atoms with Crippen LogP contribution in [0.5, 0.6) is 0 Å². The van der Waals surface area contributed by atoms with Crippen molar-refractivity contribution in [2.24, 2.45) is 5.73 Å². The number of carbonyl (C=O) groups is 1. The van der Waals surface area contributed by atoms with Crippen molar-refractivity contribution in [1.82, 2.24) is 9.97 Å². The summed E-state index contributed by atoms with van der Waals surface area (Å²) in [6, 6.07) is 7.74. The summed E-state index contributed by atoms with van der Waals surface area (Å²) in [6.07, 6.45) is 1.78. The fourth-order valence-electron chi connectivity index (χ4n) is 1.99. The molecule has 0 atom stereocenters. The molecular weight excluding hydrogens is 316 g/mol. The lowest BCUT2D eigenvalue weighted by molar-refractivity contribution is 0.0989. The zero-order valence-corrected chi connectivity index (χ0v) is 13.5. The number of hydrogen-bond donors (Lipinski definition) is 1. The SMILES string of the molecule is CN(C(=O)c1csc(CN)n1)c1ccc(-c2nccs2)cc1. The first-order valence-corrected chi connectivity index (χ1v) is 8.37. The van der Waals surface area contributed by atoms with Crippen LogP contribution in [-0.2, 0) is 6.54 Å². The number of amides is 1. The van der Waals surface area contributed by atoms with E-state index >= 15 is 0 Å². The number of carbonyl (C=O) groups excluding carboxylic acids is 1. The number of benzene rings is 1. The Morgan fingerprint density at radius 1 is 1.27 bits per heavy atom. The molecule has 0 unspecified atom stereocenters. The minimum atomic E-state index is -0.141. The van der Waals surface area contributed by atoms with E-state index in [2.05, 4.69) is 9.97 Å². The summed E-state index contributed by atoms with van der Waals surface area (Å²) in [7, 11) is 1.74. The maximum Gasteiger partial charge on any atom is 0.277 e. The van der Waals surface area contributed by atoms with E-state index in [1.807, 2.05) is 29.6 Å². The summed E-state index contributed by atoms with van der Waals surface area (Å²) in [5.41, 5.74) is 7.81. The van der Waals surface area contributed by atoms with Gasteiger partial charge in [0.25, 0.3) is 5.91 Å². The van der Waals surface area contributed by atoms with Crippen LogP contribution in [0, 0.1) is 0 Å². The van der Waals surface area contributed by atoms with Gasteiger partial charge in [-0.2, -0.15) is 0 Å². The molecule has 2 heterocycles. The topological polar surface area (TPSA) is 72.1 Å². The van der Waals surface area contributed by atoms with Crippen molar-refractivity contribution in [2.75, 3.05) is 11.9 Å². The Balaban J connectivity index is 1.79. The standard InChI is InChI=1S/C15H14N4OS2/c1-19(15(20)12-9-22-13(8-16)18-12)11-4-2-10(3-5-11)14-17-6-7-21-14/h2-7,9H,8,16H2,1H3. The highest BCUT2D eigenvalue weighted by molar-refractivity contribution is 7.13. The quantitative estimate of drug-likeness (QED) is 0.798. The van der Waals surface area contributed by atoms with Gasteiger partial charge in [0.1, 0.15) is 15.7 Å². The van der Waals surface area contributed by atoms with Gasteiger partial charge in [0, 0.05) is 41.8 Å². The second-order valence-electron chi connectivity index (χ2n) is 4.58. The second-order valence-corrected chi connectivity index (χ2v) is 6.42. The van der Waals surface area contributed by atoms with E-state index in [4.69, 9.17) is 5.73 Å². The fourth-order valence-corrected chi connectivity index (χ4v) is 3.28. The Labute approximate surface area is 136 Å². The molecule has 1 amide bonds. The Morgan fingerprint density at radius 2 is 2.05 bits per heavy atom. The zero-order valence-electron chi connectivity index (χ0n) is 11.9. The van der Waals surface area contributed by atoms with Crippen LogP contribution in [0.25, 0.3) is 10.6 Å². The van der Waals surface area contributed by atoms with Crippen molar-refractivity contribution in [2.45, 2.75) is 6.54 Å². The van der Waals surface area contributed by atoms with E-state index in [0.29, 0.717) is 12.2 Å². The lowest BCUT2D eigenvalue weighted by atomic mass is 10.2. The summed E-state index contributed by atoms with van der Waals surface area (Å²) >= 11 is 2.99. The largest absolute Gasteiger partial charge is 0.325 e. The predicted octanol–water partition coefficient (Wildman–Crippen LogP) is 3.00. The maximum atomic E-state index is 12.4. The van der Waals surface area contributed by atoms with Crippen molar-refractivity contribution in [3.8, 4) is 10.6 Å². The van der Waals surface area contributed by atoms with Crippen molar-refractivity contribution >= 4 is 34.3 Å². The number of nitrogens with zero attached hydrogens (tertiary/aromatic N) is 3. The number of rotatable bonds is 4. The molecule has 0 saturated carbocycles. The molecule has 0 aliphatic rings. The fraction of sp³-hybridized carbons (Fsp3) is 0.133. The summed E-state index contributed by atoms with van der Waals surface area (Å²) in [5.74, 6) is -0.141. The molecular formula is C15H14N4OS2. The average molecular weight is 330 g/mol. The first-order valence-electron chi connectivity index (χ1n) is 6.61. The van der Waals surface area contributed by atoms with E-state index in [1.165, 1.54) is 11.3 Å². The van der Waals surface area contributed by atoms with Gasteiger partial charge < -0.3 is 10.6 Å². The predicted molar refractivity (Wildman–Crippen MR) is 90.3 cm³/mol. The highest BCUT2D eigenvalue weighted by Crippen LogP contribution is 2.25. The number of nitrogens with two attached hydrogens (primary N) is 1. The van der Waals surface area contributed by atoms with Gasteiger partial charge in [-0.1, -0.05) is 0 Å². The molecule has 2 aromatic heterocycles. The molecule has 3 rings (SSSR count). The molecule has 1 aromatic carbocycles. The molecule has 0 bridgehead atoms. The van der Waals surface area contributed by atoms with Crippen LogP contribution in [0.2, 0.25) is 0 Å². The van der Waals surface area contributed by atoms with E-state index in [9.17, 15) is 4.79 Å². The normalized spacial score (nSPS) is 10.6. The van der Waals surface area contributed by atoms with Crippen molar-refractivity contribution in [1.29, 1.82) is 0 Å². The molecule has 7 heteroatoms. The Bertz CT molecular complexity index is 765. The highest BCUT2D eigenvalue weighted by atomic mass is 32.1. The Hall–Kier alpha value is -2.09. The van der Waals surface area contributed by atoms with Gasteiger partial charge in [-0.05, 0) is 24.3 Å². The molecule has 5 nitrogen and oxygen atoms in total. The third kappa shape index (κ3) is 2.92. The van der Waals surface area contributed by atoms with E-state index in [1.54, 1.807) is 34.9 Å². The van der Waals surface area contributed by atoms with Crippen LogP contribution in [-0.4, -0.2) is 22.9 Å². The lowest BCUT2D eigenvalue weighted by Crippen LogP contribution is -2.26. The first-order chi connectivity index (χ1) is 10.7. The van der Waals surface area contributed by atoms with Crippen molar-refractivity contribution in [3.63, 3.8) is 0 Å². The second kappa shape index (κ2) is 6.35. The third-order valence-electron chi connectivity index (χ3n) is 3.18. The van der Waals surface area contributed by atoms with E-state index < -0.39 is 0 Å². The monoisotopic (exact) mass is 330 g/mol. The Morgan fingerprint density at radius 3 is 2.64 bits per heavy atom. The highest BCUT2D eigenvalue weighted by Gasteiger charge is 2.16. The van der Waals surface area contributed by atoms with Gasteiger partial charge in [-0.3, -0.25) is 4.79 Å². The molecule has 3 aromatic rings. The van der Waals surface area contributed by atoms with Gasteiger partial charge in [-0.25, -0.2) is 9.97 Å². The van der Waals surface area contributed by atoms with Gasteiger partial charge >= 0.3 is 0 Å². The number of thiazole rings is 2. The van der Waals surface area contributed by atoms with Gasteiger partial charge in [-0.15, -0.1) is 22.7 Å². The Kier molecular flexibility index (Phi) is 4.28. The number of anilines is 1. The molecule has 0 spiro atoms. The van der Waals surface area contributed by atoms with Crippen molar-refractivity contribution < 1.29 is 4.79 Å².